The van der Waals surface area contributed by atoms with Gasteiger partial charge in [0, 0.05) is 12.6 Å². The van der Waals surface area contributed by atoms with Gasteiger partial charge in [-0.05, 0) is 19.9 Å². The summed E-state index contributed by atoms with van der Waals surface area (Å²) in [5.41, 5.74) is -1.97. The van der Waals surface area contributed by atoms with E-state index in [-0.39, 0.29) is 12.2 Å². The van der Waals surface area contributed by atoms with Gasteiger partial charge in [-0.1, -0.05) is 0 Å². The Morgan fingerprint density at radius 3 is 2.35 bits per heavy atom. The average molecular weight is 283 g/mol. The Bertz CT molecular complexity index is 569. The van der Waals surface area contributed by atoms with Crippen LogP contribution in [-0.4, -0.2) is 27.5 Å². The van der Waals surface area contributed by atoms with Crippen molar-refractivity contribution in [2.75, 3.05) is 11.9 Å². The van der Waals surface area contributed by atoms with Crippen molar-refractivity contribution in [3.63, 3.8) is 0 Å². The molecule has 1 aromatic rings. The SMILES string of the molecule is CC(C)(CNc1ccc([N+](=O)[O-])cc1[N+](=O)[O-])C(=O)O. The van der Waals surface area contributed by atoms with E-state index in [4.69, 9.17) is 5.11 Å². The molecule has 0 radical (unpaired) electrons. The third-order valence-corrected chi connectivity index (χ3v) is 2.69. The molecule has 0 saturated carbocycles. The van der Waals surface area contributed by atoms with E-state index in [0.717, 1.165) is 12.1 Å². The Morgan fingerprint density at radius 1 is 1.30 bits per heavy atom. The van der Waals surface area contributed by atoms with Crippen LogP contribution in [0.5, 0.6) is 0 Å². The molecule has 0 aliphatic heterocycles. The van der Waals surface area contributed by atoms with Crippen LogP contribution in [0.25, 0.3) is 0 Å². The summed E-state index contributed by atoms with van der Waals surface area (Å²) in [6.45, 7) is 2.86. The smallest absolute Gasteiger partial charge is 0.310 e. The van der Waals surface area contributed by atoms with Crippen molar-refractivity contribution in [2.45, 2.75) is 13.8 Å². The van der Waals surface area contributed by atoms with Crippen LogP contribution in [0.4, 0.5) is 17.1 Å². The van der Waals surface area contributed by atoms with Gasteiger partial charge in [-0.2, -0.15) is 0 Å². The van der Waals surface area contributed by atoms with E-state index in [1.54, 1.807) is 0 Å². The predicted octanol–water partition coefficient (Wildman–Crippen LogP) is 2.03. The maximum Gasteiger partial charge on any atom is 0.310 e. The van der Waals surface area contributed by atoms with Gasteiger partial charge in [-0.3, -0.25) is 25.0 Å². The molecule has 0 saturated heterocycles. The molecule has 2 N–H and O–H groups in total. The van der Waals surface area contributed by atoms with Gasteiger partial charge in [-0.15, -0.1) is 0 Å². The number of carboxylic acid groups (broad SMARTS) is 1. The minimum atomic E-state index is -1.13. The van der Waals surface area contributed by atoms with E-state index < -0.39 is 32.6 Å². The summed E-state index contributed by atoms with van der Waals surface area (Å²) >= 11 is 0. The first-order valence-electron chi connectivity index (χ1n) is 5.55. The fourth-order valence-electron chi connectivity index (χ4n) is 1.33. The molecule has 0 amide bonds. The van der Waals surface area contributed by atoms with Crippen molar-refractivity contribution in [2.24, 2.45) is 5.41 Å². The highest BCUT2D eigenvalue weighted by molar-refractivity contribution is 5.75. The van der Waals surface area contributed by atoms with Crippen LogP contribution in [0, 0.1) is 25.6 Å². The summed E-state index contributed by atoms with van der Waals surface area (Å²) in [7, 11) is 0. The number of nitro benzene ring substituents is 2. The number of nitrogens with zero attached hydrogens (tertiary/aromatic N) is 2. The minimum absolute atomic E-state index is 0.0370. The van der Waals surface area contributed by atoms with Crippen LogP contribution >= 0.6 is 0 Å². The number of benzene rings is 1. The summed E-state index contributed by atoms with van der Waals surface area (Å²) in [4.78, 5) is 30.9. The molecule has 0 fully saturated rings. The quantitative estimate of drug-likeness (QED) is 0.602. The number of rotatable bonds is 6. The van der Waals surface area contributed by atoms with Gasteiger partial charge in [0.2, 0.25) is 0 Å². The lowest BCUT2D eigenvalue weighted by molar-refractivity contribution is -0.393. The highest BCUT2D eigenvalue weighted by Gasteiger charge is 2.28. The summed E-state index contributed by atoms with van der Waals surface area (Å²) in [6.07, 6.45) is 0. The maximum absolute atomic E-state index is 10.9. The van der Waals surface area contributed by atoms with Gasteiger partial charge in [0.05, 0.1) is 21.3 Å². The van der Waals surface area contributed by atoms with Gasteiger partial charge in [0.25, 0.3) is 11.4 Å². The molecule has 0 bridgehead atoms. The first kappa shape index (κ1) is 15.3. The number of carboxylic acids is 1. The summed E-state index contributed by atoms with van der Waals surface area (Å²) in [5, 5.41) is 33.0. The van der Waals surface area contributed by atoms with Crippen LogP contribution in [0.1, 0.15) is 13.8 Å². The summed E-state index contributed by atoms with van der Waals surface area (Å²) in [5.74, 6) is -1.06. The number of aliphatic carboxylic acids is 1. The predicted molar refractivity (Wildman–Crippen MR) is 69.7 cm³/mol. The highest BCUT2D eigenvalue weighted by atomic mass is 16.6. The molecule has 1 rings (SSSR count). The monoisotopic (exact) mass is 283 g/mol. The molecule has 0 atom stereocenters. The molecule has 0 aliphatic rings. The van der Waals surface area contributed by atoms with E-state index in [1.807, 2.05) is 0 Å². The third kappa shape index (κ3) is 3.40. The Balaban J connectivity index is 3.04. The number of carbonyl (C=O) groups is 1. The number of anilines is 1. The number of nitrogens with one attached hydrogen (secondary N) is 1. The van der Waals surface area contributed by atoms with Crippen molar-refractivity contribution in [3.8, 4) is 0 Å². The van der Waals surface area contributed by atoms with E-state index in [9.17, 15) is 25.0 Å². The van der Waals surface area contributed by atoms with Crippen molar-refractivity contribution in [1.29, 1.82) is 0 Å². The fourth-order valence-corrected chi connectivity index (χ4v) is 1.33. The van der Waals surface area contributed by atoms with E-state index in [1.165, 1.54) is 19.9 Å². The normalized spacial score (nSPS) is 10.9. The second-order valence-corrected chi connectivity index (χ2v) is 4.76. The highest BCUT2D eigenvalue weighted by Crippen LogP contribution is 2.30. The van der Waals surface area contributed by atoms with Crippen LogP contribution in [-0.2, 0) is 4.79 Å². The topological polar surface area (TPSA) is 136 Å². The first-order chi connectivity index (χ1) is 9.15. The minimum Gasteiger partial charge on any atom is -0.481 e. The van der Waals surface area contributed by atoms with Gasteiger partial charge in [-0.25, -0.2) is 0 Å². The Morgan fingerprint density at radius 2 is 1.90 bits per heavy atom. The number of non-ortho nitro benzene ring substituents is 1. The number of hydrogen-bond acceptors (Lipinski definition) is 6. The molecular formula is C11H13N3O6. The Kier molecular flexibility index (Phi) is 4.23. The van der Waals surface area contributed by atoms with Gasteiger partial charge >= 0.3 is 5.97 Å². The molecule has 0 aromatic heterocycles. The average Bonchev–Trinajstić information content (AvgIpc) is 2.35. The zero-order valence-electron chi connectivity index (χ0n) is 10.8. The van der Waals surface area contributed by atoms with E-state index >= 15 is 0 Å². The second-order valence-electron chi connectivity index (χ2n) is 4.76. The Labute approximate surface area is 113 Å². The van der Waals surface area contributed by atoms with Crippen molar-refractivity contribution >= 4 is 23.0 Å². The van der Waals surface area contributed by atoms with Gasteiger partial charge in [0.15, 0.2) is 0 Å². The molecule has 9 nitrogen and oxygen atoms in total. The fraction of sp³-hybridized carbons (Fsp3) is 0.364. The number of hydrogen-bond donors (Lipinski definition) is 2. The zero-order chi connectivity index (χ0) is 15.5. The molecule has 9 heteroatoms. The van der Waals surface area contributed by atoms with Crippen LogP contribution < -0.4 is 5.32 Å². The van der Waals surface area contributed by atoms with E-state index in [0.29, 0.717) is 0 Å². The lowest BCUT2D eigenvalue weighted by Gasteiger charge is -2.20. The standard InChI is InChI=1S/C11H13N3O6/c1-11(2,10(15)16)6-12-8-4-3-7(13(17)18)5-9(8)14(19)20/h3-5,12H,6H2,1-2H3,(H,15,16). The maximum atomic E-state index is 10.9. The molecular weight excluding hydrogens is 270 g/mol. The molecule has 0 unspecified atom stereocenters. The van der Waals surface area contributed by atoms with E-state index in [2.05, 4.69) is 5.32 Å². The molecule has 0 aliphatic carbocycles. The largest absolute Gasteiger partial charge is 0.481 e. The van der Waals surface area contributed by atoms with Crippen LogP contribution in [0.2, 0.25) is 0 Å². The molecule has 0 heterocycles. The van der Waals surface area contributed by atoms with Crippen molar-refractivity contribution in [1.82, 2.24) is 0 Å². The number of nitro groups is 2. The third-order valence-electron chi connectivity index (χ3n) is 2.69. The van der Waals surface area contributed by atoms with Gasteiger partial charge in [0.1, 0.15) is 5.69 Å². The van der Waals surface area contributed by atoms with Crippen LogP contribution in [0.3, 0.4) is 0 Å². The lowest BCUT2D eigenvalue weighted by atomic mass is 9.94. The summed E-state index contributed by atoms with van der Waals surface area (Å²) < 4.78 is 0. The van der Waals surface area contributed by atoms with Crippen molar-refractivity contribution in [3.05, 3.63) is 38.4 Å². The summed E-state index contributed by atoms with van der Waals surface area (Å²) in [6, 6.07) is 3.13. The van der Waals surface area contributed by atoms with Gasteiger partial charge < -0.3 is 10.4 Å². The van der Waals surface area contributed by atoms with Crippen molar-refractivity contribution < 1.29 is 19.7 Å². The Hall–Kier alpha value is -2.71. The molecule has 20 heavy (non-hydrogen) atoms. The molecule has 108 valence electrons. The molecule has 0 spiro atoms. The lowest BCUT2D eigenvalue weighted by Crippen LogP contribution is -2.31. The zero-order valence-corrected chi connectivity index (χ0v) is 10.8. The first-order valence-corrected chi connectivity index (χ1v) is 5.55. The molecule has 1 aromatic carbocycles. The van der Waals surface area contributed by atoms with Crippen LogP contribution in [0.15, 0.2) is 18.2 Å². The second kappa shape index (κ2) is 5.51.